The van der Waals surface area contributed by atoms with Gasteiger partial charge in [0.05, 0.1) is 13.2 Å². The molecule has 0 N–H and O–H groups in total. The highest BCUT2D eigenvalue weighted by Crippen LogP contribution is 1.94. The van der Waals surface area contributed by atoms with Gasteiger partial charge in [0.2, 0.25) is 0 Å². The lowest BCUT2D eigenvalue weighted by Crippen LogP contribution is -2.04. The minimum Gasteiger partial charge on any atom is -0.454 e. The van der Waals surface area contributed by atoms with E-state index in [-0.39, 0.29) is 13.2 Å². The summed E-state index contributed by atoms with van der Waals surface area (Å²) in [5, 5.41) is 8.75. The molecule has 6 nitrogen and oxygen atoms in total. The molecule has 0 amide bonds. The van der Waals surface area contributed by atoms with Crippen LogP contribution >= 0.6 is 11.6 Å². The van der Waals surface area contributed by atoms with Crippen molar-refractivity contribution in [3.05, 3.63) is 10.1 Å². The predicted molar refractivity (Wildman–Crippen MR) is 39.4 cm³/mol. The third kappa shape index (κ3) is 8.96. The van der Waals surface area contributed by atoms with Crippen molar-refractivity contribution >= 4 is 17.0 Å². The van der Waals surface area contributed by atoms with Gasteiger partial charge in [-0.05, 0) is 12.8 Å². The summed E-state index contributed by atoms with van der Waals surface area (Å²) >= 11 is 4.84. The standard InChI is InChI=1S/C5H8ClNO5/c6-5(8)11-3-1-2-4-12-7(9)10/h1-4H2. The van der Waals surface area contributed by atoms with Crippen LogP contribution in [0.5, 0.6) is 0 Å². The van der Waals surface area contributed by atoms with Crippen LogP contribution in [0.2, 0.25) is 0 Å². The van der Waals surface area contributed by atoms with E-state index in [0.29, 0.717) is 12.8 Å². The summed E-state index contributed by atoms with van der Waals surface area (Å²) in [6, 6.07) is 0. The van der Waals surface area contributed by atoms with Gasteiger partial charge in [0.25, 0.3) is 5.09 Å². The van der Waals surface area contributed by atoms with Crippen LogP contribution in [-0.4, -0.2) is 23.7 Å². The molecular formula is C5H8ClNO5. The van der Waals surface area contributed by atoms with Crippen LogP contribution in [0.15, 0.2) is 0 Å². The SMILES string of the molecule is O=C(Cl)OCCCCO[N+](=O)[O-]. The number of rotatable bonds is 6. The molecule has 0 aromatic heterocycles. The van der Waals surface area contributed by atoms with E-state index in [1.165, 1.54) is 0 Å². The lowest BCUT2D eigenvalue weighted by Gasteiger charge is -1.99. The highest BCUT2D eigenvalue weighted by Gasteiger charge is 1.96. The normalized spacial score (nSPS) is 9.08. The molecule has 0 saturated carbocycles. The molecule has 0 aliphatic heterocycles. The molecule has 0 rings (SSSR count). The summed E-state index contributed by atoms with van der Waals surface area (Å²) in [5.41, 5.74) is -0.870. The highest BCUT2D eigenvalue weighted by atomic mass is 35.5. The second kappa shape index (κ2) is 6.66. The van der Waals surface area contributed by atoms with Crippen molar-refractivity contribution < 1.29 is 19.5 Å². The van der Waals surface area contributed by atoms with Crippen molar-refractivity contribution in [2.45, 2.75) is 12.8 Å². The molecule has 7 heteroatoms. The zero-order valence-electron chi connectivity index (χ0n) is 6.19. The first kappa shape index (κ1) is 11.0. The number of halogens is 1. The zero-order chi connectivity index (χ0) is 9.40. The molecule has 0 saturated heterocycles. The van der Waals surface area contributed by atoms with Gasteiger partial charge in [0.1, 0.15) is 0 Å². The van der Waals surface area contributed by atoms with E-state index in [4.69, 9.17) is 11.6 Å². The quantitative estimate of drug-likeness (QED) is 0.278. The molecule has 0 aromatic rings. The number of hydrogen-bond acceptors (Lipinski definition) is 5. The molecule has 0 bridgehead atoms. The first-order chi connectivity index (χ1) is 5.63. The Bertz CT molecular complexity index is 144. The molecule has 0 spiro atoms. The summed E-state index contributed by atoms with van der Waals surface area (Å²) in [6.07, 6.45) is 0.942. The molecule has 0 atom stereocenters. The van der Waals surface area contributed by atoms with Gasteiger partial charge in [-0.3, -0.25) is 0 Å². The maximum absolute atomic E-state index is 9.99. The largest absolute Gasteiger partial charge is 0.454 e. The van der Waals surface area contributed by atoms with Gasteiger partial charge < -0.3 is 9.57 Å². The highest BCUT2D eigenvalue weighted by molar-refractivity contribution is 6.61. The number of ether oxygens (including phenoxy) is 1. The number of nitrogens with zero attached hydrogens (tertiary/aromatic N) is 1. The van der Waals surface area contributed by atoms with Crippen molar-refractivity contribution in [1.82, 2.24) is 0 Å². The fraction of sp³-hybridized carbons (Fsp3) is 0.800. The topological polar surface area (TPSA) is 78.7 Å². The lowest BCUT2D eigenvalue weighted by molar-refractivity contribution is -0.757. The van der Waals surface area contributed by atoms with E-state index in [1.54, 1.807) is 0 Å². The number of unbranched alkanes of at least 4 members (excludes halogenated alkanes) is 1. The third-order valence-electron chi connectivity index (χ3n) is 0.951. The Labute approximate surface area is 73.5 Å². The molecule has 0 aliphatic carbocycles. The van der Waals surface area contributed by atoms with E-state index in [9.17, 15) is 14.9 Å². The fourth-order valence-corrected chi connectivity index (χ4v) is 0.573. The maximum atomic E-state index is 9.99. The Morgan fingerprint density at radius 3 is 2.50 bits per heavy atom. The Morgan fingerprint density at radius 1 is 1.42 bits per heavy atom. The Morgan fingerprint density at radius 2 is 2.00 bits per heavy atom. The lowest BCUT2D eigenvalue weighted by atomic mass is 10.3. The van der Waals surface area contributed by atoms with Crippen LogP contribution < -0.4 is 0 Å². The molecule has 0 heterocycles. The van der Waals surface area contributed by atoms with Gasteiger partial charge >= 0.3 is 5.43 Å². The number of hydrogen-bond donors (Lipinski definition) is 0. The molecule has 12 heavy (non-hydrogen) atoms. The van der Waals surface area contributed by atoms with E-state index in [0.717, 1.165) is 0 Å². The van der Waals surface area contributed by atoms with Gasteiger partial charge in [0, 0.05) is 11.6 Å². The molecule has 0 fully saturated rings. The van der Waals surface area contributed by atoms with E-state index < -0.39 is 10.5 Å². The van der Waals surface area contributed by atoms with Crippen molar-refractivity contribution in [3.8, 4) is 0 Å². The average Bonchev–Trinajstić information content (AvgIpc) is 1.95. The van der Waals surface area contributed by atoms with Gasteiger partial charge in [-0.25, -0.2) is 4.79 Å². The monoisotopic (exact) mass is 197 g/mol. The van der Waals surface area contributed by atoms with Gasteiger partial charge in [-0.15, -0.1) is 10.1 Å². The molecule has 0 radical (unpaired) electrons. The van der Waals surface area contributed by atoms with Gasteiger partial charge in [0.15, 0.2) is 0 Å². The van der Waals surface area contributed by atoms with Crippen LogP contribution in [0.25, 0.3) is 0 Å². The summed E-state index contributed by atoms with van der Waals surface area (Å²) in [5.74, 6) is 0. The van der Waals surface area contributed by atoms with Crippen LogP contribution in [-0.2, 0) is 9.57 Å². The summed E-state index contributed by atoms with van der Waals surface area (Å²) in [7, 11) is 0. The third-order valence-corrected chi connectivity index (χ3v) is 1.06. The molecule has 0 aromatic carbocycles. The van der Waals surface area contributed by atoms with Crippen LogP contribution in [0.4, 0.5) is 4.79 Å². The van der Waals surface area contributed by atoms with Crippen LogP contribution in [0.3, 0.4) is 0 Å². The number of carbonyl (C=O) groups excluding carboxylic acids is 1. The Kier molecular flexibility index (Phi) is 6.08. The first-order valence-corrected chi connectivity index (χ1v) is 3.60. The Hall–Kier alpha value is -1.04. The van der Waals surface area contributed by atoms with Crippen molar-refractivity contribution in [2.24, 2.45) is 0 Å². The van der Waals surface area contributed by atoms with Crippen molar-refractivity contribution in [2.75, 3.05) is 13.2 Å². The second-order valence-corrected chi connectivity index (χ2v) is 2.16. The summed E-state index contributed by atoms with van der Waals surface area (Å²) in [6.45, 7) is 0.163. The smallest absolute Gasteiger partial charge is 0.403 e. The number of carbonyl (C=O) groups is 1. The van der Waals surface area contributed by atoms with Gasteiger partial charge in [-0.1, -0.05) is 0 Å². The van der Waals surface area contributed by atoms with Crippen LogP contribution in [0.1, 0.15) is 12.8 Å². The maximum Gasteiger partial charge on any atom is 0.403 e. The van der Waals surface area contributed by atoms with E-state index in [2.05, 4.69) is 9.57 Å². The molecular weight excluding hydrogens is 190 g/mol. The predicted octanol–water partition coefficient (Wildman–Crippen LogP) is 1.35. The van der Waals surface area contributed by atoms with Gasteiger partial charge in [-0.2, -0.15) is 0 Å². The summed E-state index contributed by atoms with van der Waals surface area (Å²) < 4.78 is 4.35. The van der Waals surface area contributed by atoms with E-state index in [1.807, 2.05) is 0 Å². The summed E-state index contributed by atoms with van der Waals surface area (Å²) in [4.78, 5) is 23.6. The molecule has 0 unspecified atom stereocenters. The molecule has 0 aliphatic rings. The van der Waals surface area contributed by atoms with Crippen LogP contribution in [0, 0.1) is 10.1 Å². The Balaban J connectivity index is 3.01. The average molecular weight is 198 g/mol. The second-order valence-electron chi connectivity index (χ2n) is 1.85. The van der Waals surface area contributed by atoms with Crippen molar-refractivity contribution in [1.29, 1.82) is 0 Å². The molecule has 70 valence electrons. The first-order valence-electron chi connectivity index (χ1n) is 3.22. The minimum absolute atomic E-state index is 0.00678. The zero-order valence-corrected chi connectivity index (χ0v) is 6.95. The minimum atomic E-state index is -0.870. The van der Waals surface area contributed by atoms with E-state index >= 15 is 0 Å². The van der Waals surface area contributed by atoms with Crippen molar-refractivity contribution in [3.63, 3.8) is 0 Å². The fourth-order valence-electron chi connectivity index (χ4n) is 0.496.